The van der Waals surface area contributed by atoms with Crippen molar-refractivity contribution >= 4 is 23.2 Å². The summed E-state index contributed by atoms with van der Waals surface area (Å²) in [5, 5.41) is 4.69. The van der Waals surface area contributed by atoms with E-state index in [1.54, 1.807) is 10.7 Å². The Morgan fingerprint density at radius 1 is 1.40 bits per heavy atom. The van der Waals surface area contributed by atoms with E-state index in [1.807, 2.05) is 12.1 Å². The van der Waals surface area contributed by atoms with Crippen LogP contribution >= 0.6 is 11.6 Å². The first-order chi connectivity index (χ1) is 9.69. The molecule has 2 heterocycles. The number of halogens is 1. The first-order valence-corrected chi connectivity index (χ1v) is 7.15. The van der Waals surface area contributed by atoms with Gasteiger partial charge in [0.05, 0.1) is 19.2 Å². The molecule has 0 bridgehead atoms. The minimum atomic E-state index is -0.0966. The highest BCUT2D eigenvalue weighted by Gasteiger charge is 2.28. The molecule has 0 saturated heterocycles. The van der Waals surface area contributed by atoms with Gasteiger partial charge < -0.3 is 4.74 Å². The number of fused-ring (bicyclic) bond motifs is 1. The van der Waals surface area contributed by atoms with Crippen LogP contribution in [-0.2, 0) is 9.53 Å². The molecule has 0 aliphatic heterocycles. The number of nitrogens with zero attached hydrogens (tertiary/aromatic N) is 3. The second-order valence-corrected chi connectivity index (χ2v) is 5.56. The van der Waals surface area contributed by atoms with Gasteiger partial charge in [-0.15, -0.1) is 0 Å². The summed E-state index contributed by atoms with van der Waals surface area (Å²) in [6.45, 7) is 0. The van der Waals surface area contributed by atoms with Gasteiger partial charge in [-0.1, -0.05) is 11.6 Å². The summed E-state index contributed by atoms with van der Waals surface area (Å²) < 4.78 is 6.43. The third-order valence-corrected chi connectivity index (χ3v) is 4.28. The highest BCUT2D eigenvalue weighted by Crippen LogP contribution is 2.36. The van der Waals surface area contributed by atoms with Gasteiger partial charge in [-0.05, 0) is 31.7 Å². The van der Waals surface area contributed by atoms with Gasteiger partial charge in [0.1, 0.15) is 5.15 Å². The summed E-state index contributed by atoms with van der Waals surface area (Å²) in [4.78, 5) is 16.1. The van der Waals surface area contributed by atoms with Crippen molar-refractivity contribution in [3.8, 4) is 0 Å². The Balaban J connectivity index is 1.78. The Morgan fingerprint density at radius 3 is 2.85 bits per heavy atom. The first-order valence-electron chi connectivity index (χ1n) is 6.77. The summed E-state index contributed by atoms with van der Waals surface area (Å²) in [5.74, 6) is 0.291. The number of carbonyl (C=O) groups is 1. The summed E-state index contributed by atoms with van der Waals surface area (Å²) in [5.41, 5.74) is 1.76. The molecule has 1 aliphatic carbocycles. The van der Waals surface area contributed by atoms with Crippen molar-refractivity contribution in [2.24, 2.45) is 5.92 Å². The number of carbonyl (C=O) groups excluding carboxylic acids is 1. The van der Waals surface area contributed by atoms with Crippen molar-refractivity contribution < 1.29 is 9.53 Å². The van der Waals surface area contributed by atoms with Gasteiger partial charge in [0, 0.05) is 17.7 Å². The first kappa shape index (κ1) is 13.4. The van der Waals surface area contributed by atoms with Crippen LogP contribution in [0.4, 0.5) is 0 Å². The van der Waals surface area contributed by atoms with E-state index in [1.165, 1.54) is 7.11 Å². The zero-order valence-electron chi connectivity index (χ0n) is 11.3. The van der Waals surface area contributed by atoms with Crippen molar-refractivity contribution in [2.45, 2.75) is 31.6 Å². The van der Waals surface area contributed by atoms with Gasteiger partial charge in [-0.25, -0.2) is 9.50 Å². The van der Waals surface area contributed by atoms with Gasteiger partial charge in [-0.3, -0.25) is 4.79 Å². The lowest BCUT2D eigenvalue weighted by Crippen LogP contribution is -2.22. The minimum Gasteiger partial charge on any atom is -0.469 e. The van der Waals surface area contributed by atoms with Crippen molar-refractivity contribution in [3.05, 3.63) is 29.2 Å². The lowest BCUT2D eigenvalue weighted by molar-refractivity contribution is -0.146. The fourth-order valence-corrected chi connectivity index (χ4v) is 3.14. The second kappa shape index (κ2) is 5.40. The number of hydrogen-bond donors (Lipinski definition) is 0. The molecule has 106 valence electrons. The largest absolute Gasteiger partial charge is 0.469 e. The van der Waals surface area contributed by atoms with Crippen molar-refractivity contribution in [3.63, 3.8) is 0 Å². The highest BCUT2D eigenvalue weighted by atomic mass is 35.5. The third-order valence-electron chi connectivity index (χ3n) is 4.02. The molecular formula is C14H16ClN3O2. The predicted octanol–water partition coefficient (Wildman–Crippen LogP) is 2.83. The number of esters is 1. The second-order valence-electron chi connectivity index (χ2n) is 5.18. The Labute approximate surface area is 121 Å². The fraction of sp³-hybridized carbons (Fsp3) is 0.500. The zero-order valence-corrected chi connectivity index (χ0v) is 12.0. The molecule has 0 spiro atoms. The topological polar surface area (TPSA) is 56.5 Å². The highest BCUT2D eigenvalue weighted by molar-refractivity contribution is 6.29. The van der Waals surface area contributed by atoms with Gasteiger partial charge >= 0.3 is 5.97 Å². The third kappa shape index (κ3) is 2.38. The average Bonchev–Trinajstić information content (AvgIpc) is 2.95. The van der Waals surface area contributed by atoms with Crippen LogP contribution in [0.3, 0.4) is 0 Å². The van der Waals surface area contributed by atoms with Gasteiger partial charge in [-0.2, -0.15) is 5.10 Å². The Kier molecular flexibility index (Phi) is 3.61. The summed E-state index contributed by atoms with van der Waals surface area (Å²) in [6, 6.07) is 3.72. The van der Waals surface area contributed by atoms with E-state index in [2.05, 4.69) is 10.1 Å². The zero-order chi connectivity index (χ0) is 14.1. The maximum absolute atomic E-state index is 11.5. The standard InChI is InChI=1S/C14H16ClN3O2/c1-20-14(19)10-4-2-9(3-5-10)11-8-12(15)18-13(17-11)6-7-16-18/h6-10H,2-5H2,1H3. The molecular weight excluding hydrogens is 278 g/mol. The van der Waals surface area contributed by atoms with E-state index >= 15 is 0 Å². The molecule has 0 unspecified atom stereocenters. The molecule has 3 rings (SSSR count). The molecule has 2 aromatic heterocycles. The molecule has 1 fully saturated rings. The number of methoxy groups -OCH3 is 1. The van der Waals surface area contributed by atoms with Crippen LogP contribution in [0.25, 0.3) is 5.65 Å². The van der Waals surface area contributed by atoms with Crippen LogP contribution in [0, 0.1) is 5.92 Å². The molecule has 5 nitrogen and oxygen atoms in total. The van der Waals surface area contributed by atoms with Crippen LogP contribution in [0.1, 0.15) is 37.3 Å². The summed E-state index contributed by atoms with van der Waals surface area (Å²) in [6.07, 6.45) is 5.26. The van der Waals surface area contributed by atoms with E-state index in [-0.39, 0.29) is 11.9 Å². The van der Waals surface area contributed by atoms with E-state index in [0.717, 1.165) is 37.0 Å². The van der Waals surface area contributed by atoms with Crippen LogP contribution < -0.4 is 0 Å². The molecule has 0 radical (unpaired) electrons. The van der Waals surface area contributed by atoms with Crippen LogP contribution in [0.5, 0.6) is 0 Å². The predicted molar refractivity (Wildman–Crippen MR) is 74.7 cm³/mol. The Bertz CT molecular complexity index is 632. The number of rotatable bonds is 2. The maximum Gasteiger partial charge on any atom is 0.308 e. The van der Waals surface area contributed by atoms with Crippen LogP contribution in [0.15, 0.2) is 18.3 Å². The summed E-state index contributed by atoms with van der Waals surface area (Å²) in [7, 11) is 1.45. The van der Waals surface area contributed by atoms with Crippen molar-refractivity contribution in [1.82, 2.24) is 14.6 Å². The Hall–Kier alpha value is -1.62. The monoisotopic (exact) mass is 293 g/mol. The van der Waals surface area contributed by atoms with E-state index in [0.29, 0.717) is 11.1 Å². The molecule has 0 N–H and O–H groups in total. The van der Waals surface area contributed by atoms with Crippen LogP contribution in [0.2, 0.25) is 5.15 Å². The Morgan fingerprint density at radius 2 is 2.15 bits per heavy atom. The number of aromatic nitrogens is 3. The molecule has 1 saturated carbocycles. The van der Waals surface area contributed by atoms with Crippen LogP contribution in [-0.4, -0.2) is 27.7 Å². The molecule has 0 amide bonds. The average molecular weight is 294 g/mol. The number of hydrogen-bond acceptors (Lipinski definition) is 4. The van der Waals surface area contributed by atoms with E-state index in [4.69, 9.17) is 16.3 Å². The van der Waals surface area contributed by atoms with E-state index in [9.17, 15) is 4.79 Å². The van der Waals surface area contributed by atoms with Crippen molar-refractivity contribution in [1.29, 1.82) is 0 Å². The van der Waals surface area contributed by atoms with Gasteiger partial charge in [0.15, 0.2) is 5.65 Å². The van der Waals surface area contributed by atoms with Crippen molar-refractivity contribution in [2.75, 3.05) is 7.11 Å². The summed E-state index contributed by atoms with van der Waals surface area (Å²) >= 11 is 6.21. The quantitative estimate of drug-likeness (QED) is 0.631. The smallest absolute Gasteiger partial charge is 0.308 e. The molecule has 0 atom stereocenters. The minimum absolute atomic E-state index is 0.0328. The molecule has 0 aromatic carbocycles. The molecule has 6 heteroatoms. The van der Waals surface area contributed by atoms with E-state index < -0.39 is 0 Å². The molecule has 1 aliphatic rings. The fourth-order valence-electron chi connectivity index (χ4n) is 2.89. The molecule has 20 heavy (non-hydrogen) atoms. The normalized spacial score (nSPS) is 22.9. The lowest BCUT2D eigenvalue weighted by atomic mass is 9.80. The van der Waals surface area contributed by atoms with Gasteiger partial charge in [0.2, 0.25) is 0 Å². The number of ether oxygens (including phenoxy) is 1. The SMILES string of the molecule is COC(=O)C1CCC(c2cc(Cl)n3nccc3n2)CC1. The molecule has 2 aromatic rings. The lowest BCUT2D eigenvalue weighted by Gasteiger charge is -2.26. The van der Waals surface area contributed by atoms with Gasteiger partial charge in [0.25, 0.3) is 0 Å². The maximum atomic E-state index is 11.5.